The number of aromatic nitrogens is 2. The number of nitrogens with one attached hydrogen (secondary N) is 2. The zero-order valence-corrected chi connectivity index (χ0v) is 19.4. The van der Waals surface area contributed by atoms with Crippen LogP contribution in [0.25, 0.3) is 10.9 Å². The third-order valence-electron chi connectivity index (χ3n) is 5.08. The first-order chi connectivity index (χ1) is 15.5. The number of hydrogen-bond donors (Lipinski definition) is 2. The van der Waals surface area contributed by atoms with Gasteiger partial charge in [0.05, 0.1) is 16.2 Å². The van der Waals surface area contributed by atoms with Gasteiger partial charge in [0, 0.05) is 30.7 Å². The maximum Gasteiger partial charge on any atom is 0.243 e. The second-order valence-corrected chi connectivity index (χ2v) is 10.3. The first kappa shape index (κ1) is 22.5. The van der Waals surface area contributed by atoms with Crippen LogP contribution in [0.5, 0.6) is 0 Å². The van der Waals surface area contributed by atoms with E-state index in [0.29, 0.717) is 23.9 Å². The highest BCUT2D eigenvalue weighted by Crippen LogP contribution is 2.25. The van der Waals surface area contributed by atoms with Crippen molar-refractivity contribution in [3.8, 4) is 0 Å². The van der Waals surface area contributed by atoms with E-state index in [1.165, 1.54) is 22.1 Å². The zero-order valence-electron chi connectivity index (χ0n) is 17.7. The molecule has 1 aliphatic rings. The number of hydrogen-bond acceptors (Lipinski definition) is 7. The van der Waals surface area contributed by atoms with Crippen molar-refractivity contribution in [2.45, 2.75) is 29.8 Å². The summed E-state index contributed by atoms with van der Waals surface area (Å²) in [5.74, 6) is 0.584. The van der Waals surface area contributed by atoms with Crippen LogP contribution in [-0.4, -0.2) is 54.0 Å². The van der Waals surface area contributed by atoms with Gasteiger partial charge in [-0.3, -0.25) is 4.79 Å². The minimum Gasteiger partial charge on any atom is -0.370 e. The van der Waals surface area contributed by atoms with Gasteiger partial charge in [-0.05, 0) is 50.1 Å². The molecule has 0 spiro atoms. The number of carbonyl (C=O) groups excluding carboxylic acids is 1. The van der Waals surface area contributed by atoms with Crippen molar-refractivity contribution < 1.29 is 13.2 Å². The van der Waals surface area contributed by atoms with Gasteiger partial charge in [-0.15, -0.1) is 0 Å². The summed E-state index contributed by atoms with van der Waals surface area (Å²) in [5, 5.41) is 7.44. The first-order valence-electron chi connectivity index (χ1n) is 10.5. The van der Waals surface area contributed by atoms with E-state index < -0.39 is 10.0 Å². The molecule has 0 aliphatic carbocycles. The lowest BCUT2D eigenvalue weighted by Crippen LogP contribution is -2.28. The van der Waals surface area contributed by atoms with Crippen molar-refractivity contribution >= 4 is 50.1 Å². The SMILES string of the molecule is CCNc1nc(SCC(=O)Nc2cccc(S(=O)(=O)N3CCCC3)c2)nc2ccccc12. The standard InChI is InChI=1S/C22H25N5O3S2/c1-2-23-21-18-10-3-4-11-19(18)25-22(26-21)31-15-20(28)24-16-8-7-9-17(14-16)32(29,30)27-12-5-6-13-27/h3-4,7-11,14H,2,5-6,12-13,15H2,1H3,(H,24,28)(H,23,25,26). The van der Waals surface area contributed by atoms with Crippen LogP contribution in [-0.2, 0) is 14.8 Å². The average molecular weight is 472 g/mol. The summed E-state index contributed by atoms with van der Waals surface area (Å²) < 4.78 is 27.0. The highest BCUT2D eigenvalue weighted by Gasteiger charge is 2.27. The molecule has 2 heterocycles. The van der Waals surface area contributed by atoms with E-state index in [1.807, 2.05) is 31.2 Å². The highest BCUT2D eigenvalue weighted by atomic mass is 32.2. The molecule has 3 aromatic rings. The molecular formula is C22H25N5O3S2. The van der Waals surface area contributed by atoms with Crippen molar-refractivity contribution in [1.82, 2.24) is 14.3 Å². The molecule has 1 amide bonds. The fourth-order valence-corrected chi connectivity index (χ4v) is 5.78. The van der Waals surface area contributed by atoms with Gasteiger partial charge in [0.1, 0.15) is 5.82 Å². The fraction of sp³-hybridized carbons (Fsp3) is 0.318. The molecule has 1 aliphatic heterocycles. The molecule has 2 aromatic carbocycles. The number of benzene rings is 2. The molecule has 0 atom stereocenters. The number of rotatable bonds is 8. The van der Waals surface area contributed by atoms with Gasteiger partial charge in [0.15, 0.2) is 5.16 Å². The van der Waals surface area contributed by atoms with E-state index in [1.54, 1.807) is 18.2 Å². The van der Waals surface area contributed by atoms with Gasteiger partial charge in [-0.2, -0.15) is 4.31 Å². The molecule has 2 N–H and O–H groups in total. The Morgan fingerprint density at radius 3 is 2.66 bits per heavy atom. The predicted octanol–water partition coefficient (Wildman–Crippen LogP) is 3.58. The Morgan fingerprint density at radius 2 is 1.88 bits per heavy atom. The first-order valence-corrected chi connectivity index (χ1v) is 12.9. The Kier molecular flexibility index (Phi) is 6.92. The number of thioether (sulfide) groups is 1. The fourth-order valence-electron chi connectivity index (χ4n) is 3.56. The van der Waals surface area contributed by atoms with E-state index in [0.717, 1.165) is 36.1 Å². The number of nitrogens with zero attached hydrogens (tertiary/aromatic N) is 3. The van der Waals surface area contributed by atoms with Gasteiger partial charge in [0.2, 0.25) is 15.9 Å². The van der Waals surface area contributed by atoms with Crippen molar-refractivity contribution in [2.75, 3.05) is 36.0 Å². The summed E-state index contributed by atoms with van der Waals surface area (Å²) in [7, 11) is -3.53. The van der Waals surface area contributed by atoms with Crippen molar-refractivity contribution in [1.29, 1.82) is 0 Å². The number of anilines is 2. The van der Waals surface area contributed by atoms with E-state index in [-0.39, 0.29) is 16.6 Å². The summed E-state index contributed by atoms with van der Waals surface area (Å²) >= 11 is 1.23. The van der Waals surface area contributed by atoms with Crippen LogP contribution < -0.4 is 10.6 Å². The van der Waals surface area contributed by atoms with Gasteiger partial charge in [-0.1, -0.05) is 30.0 Å². The van der Waals surface area contributed by atoms with E-state index in [9.17, 15) is 13.2 Å². The van der Waals surface area contributed by atoms with Gasteiger partial charge >= 0.3 is 0 Å². The number of fused-ring (bicyclic) bond motifs is 1. The Balaban J connectivity index is 1.43. The third kappa shape index (κ3) is 5.03. The molecule has 10 heteroatoms. The number of para-hydroxylation sites is 1. The smallest absolute Gasteiger partial charge is 0.243 e. The van der Waals surface area contributed by atoms with Crippen LogP contribution in [0.3, 0.4) is 0 Å². The molecule has 168 valence electrons. The highest BCUT2D eigenvalue weighted by molar-refractivity contribution is 7.99. The molecule has 1 fully saturated rings. The lowest BCUT2D eigenvalue weighted by molar-refractivity contribution is -0.113. The van der Waals surface area contributed by atoms with Gasteiger partial charge < -0.3 is 10.6 Å². The third-order valence-corrected chi connectivity index (χ3v) is 7.82. The van der Waals surface area contributed by atoms with Crippen molar-refractivity contribution in [3.05, 3.63) is 48.5 Å². The lowest BCUT2D eigenvalue weighted by atomic mass is 10.2. The van der Waals surface area contributed by atoms with Gasteiger partial charge in [0.25, 0.3) is 0 Å². The average Bonchev–Trinajstić information content (AvgIpc) is 3.34. The van der Waals surface area contributed by atoms with Gasteiger partial charge in [-0.25, -0.2) is 18.4 Å². The number of sulfonamides is 1. The van der Waals surface area contributed by atoms with Crippen molar-refractivity contribution in [3.63, 3.8) is 0 Å². The summed E-state index contributed by atoms with van der Waals surface area (Å²) in [6.07, 6.45) is 1.75. The Morgan fingerprint density at radius 1 is 1.09 bits per heavy atom. The molecule has 0 unspecified atom stereocenters. The second-order valence-electron chi connectivity index (χ2n) is 7.38. The van der Waals surface area contributed by atoms with E-state index in [2.05, 4.69) is 20.6 Å². The minimum absolute atomic E-state index is 0.104. The maximum absolute atomic E-state index is 12.8. The van der Waals surface area contributed by atoms with Crippen LogP contribution in [0.1, 0.15) is 19.8 Å². The molecule has 0 saturated carbocycles. The summed E-state index contributed by atoms with van der Waals surface area (Å²) in [5.41, 5.74) is 1.25. The van der Waals surface area contributed by atoms with E-state index in [4.69, 9.17) is 0 Å². The molecular weight excluding hydrogens is 446 g/mol. The minimum atomic E-state index is -3.53. The van der Waals surface area contributed by atoms with Crippen LogP contribution in [0.15, 0.2) is 58.6 Å². The zero-order chi connectivity index (χ0) is 22.6. The number of amides is 1. The summed E-state index contributed by atoms with van der Waals surface area (Å²) in [6, 6.07) is 14.1. The topological polar surface area (TPSA) is 104 Å². The quantitative estimate of drug-likeness (QED) is 0.382. The summed E-state index contributed by atoms with van der Waals surface area (Å²) in [6.45, 7) is 3.80. The maximum atomic E-state index is 12.8. The molecule has 4 rings (SSSR count). The Hall–Kier alpha value is -2.69. The molecule has 0 radical (unpaired) electrons. The molecule has 32 heavy (non-hydrogen) atoms. The van der Waals surface area contributed by atoms with Crippen LogP contribution in [0, 0.1) is 0 Å². The molecule has 8 nitrogen and oxygen atoms in total. The van der Waals surface area contributed by atoms with E-state index >= 15 is 0 Å². The monoisotopic (exact) mass is 471 g/mol. The van der Waals surface area contributed by atoms with Crippen LogP contribution >= 0.6 is 11.8 Å². The largest absolute Gasteiger partial charge is 0.370 e. The second kappa shape index (κ2) is 9.85. The predicted molar refractivity (Wildman–Crippen MR) is 127 cm³/mol. The van der Waals surface area contributed by atoms with Crippen LogP contribution in [0.2, 0.25) is 0 Å². The Labute approximate surface area is 191 Å². The molecule has 1 saturated heterocycles. The van der Waals surface area contributed by atoms with Crippen molar-refractivity contribution in [2.24, 2.45) is 0 Å². The van der Waals surface area contributed by atoms with Crippen LogP contribution in [0.4, 0.5) is 11.5 Å². The summed E-state index contributed by atoms with van der Waals surface area (Å²) in [4.78, 5) is 21.8. The molecule has 1 aromatic heterocycles. The lowest BCUT2D eigenvalue weighted by Gasteiger charge is -2.16. The normalized spacial score (nSPS) is 14.5. The Bertz CT molecular complexity index is 1230. The molecule has 0 bridgehead atoms. The number of carbonyl (C=O) groups is 1.